The average Bonchev–Trinajstić information content (AvgIpc) is 2.94. The summed E-state index contributed by atoms with van der Waals surface area (Å²) in [7, 11) is 0. The Morgan fingerprint density at radius 3 is 2.62 bits per heavy atom. The lowest BCUT2D eigenvalue weighted by Gasteiger charge is -2.29. The first-order valence-corrected chi connectivity index (χ1v) is 8.46. The molecule has 0 bridgehead atoms. The minimum atomic E-state index is -0.176. The van der Waals surface area contributed by atoms with Crippen molar-refractivity contribution >= 4 is 28.4 Å². The van der Waals surface area contributed by atoms with Gasteiger partial charge < -0.3 is 26.0 Å². The molecule has 2 saturated heterocycles. The molecule has 0 saturated carbocycles. The van der Waals surface area contributed by atoms with E-state index >= 15 is 0 Å². The standard InChI is InChI=1S/C17H24N6O/c1-17(19)4-5-23(11-17)15-13-3-2-12(18)10-14(13)20-16(21-15)22-6-8-24-9-7-22/h2-3,10H,4-9,11,18-19H2,1H3/t17-/m1/s1. The predicted molar refractivity (Wildman–Crippen MR) is 96.4 cm³/mol. The Labute approximate surface area is 141 Å². The van der Waals surface area contributed by atoms with E-state index in [1.165, 1.54) is 0 Å². The molecule has 0 radical (unpaired) electrons. The van der Waals surface area contributed by atoms with Crippen molar-refractivity contribution in [1.29, 1.82) is 0 Å². The van der Waals surface area contributed by atoms with Gasteiger partial charge in [-0.05, 0) is 31.5 Å². The summed E-state index contributed by atoms with van der Waals surface area (Å²) in [5.74, 6) is 1.70. The number of nitrogens with two attached hydrogens (primary N) is 2. The summed E-state index contributed by atoms with van der Waals surface area (Å²) in [4.78, 5) is 14.1. The van der Waals surface area contributed by atoms with Crippen LogP contribution >= 0.6 is 0 Å². The highest BCUT2D eigenvalue weighted by atomic mass is 16.5. The highest BCUT2D eigenvalue weighted by Crippen LogP contribution is 2.32. The molecule has 1 aromatic heterocycles. The lowest BCUT2D eigenvalue weighted by Crippen LogP contribution is -2.40. The molecule has 24 heavy (non-hydrogen) atoms. The van der Waals surface area contributed by atoms with E-state index in [1.54, 1.807) is 0 Å². The Hall–Kier alpha value is -2.12. The van der Waals surface area contributed by atoms with E-state index in [9.17, 15) is 0 Å². The second kappa shape index (κ2) is 5.75. The minimum Gasteiger partial charge on any atom is -0.399 e. The number of nitrogen functional groups attached to an aromatic ring is 1. The fourth-order valence-electron chi connectivity index (χ4n) is 3.43. The largest absolute Gasteiger partial charge is 0.399 e. The molecule has 7 heteroatoms. The average molecular weight is 328 g/mol. The number of hydrogen-bond donors (Lipinski definition) is 2. The molecule has 4 N–H and O–H groups in total. The summed E-state index contributed by atoms with van der Waals surface area (Å²) in [6.07, 6.45) is 0.959. The Bertz CT molecular complexity index is 756. The number of hydrogen-bond acceptors (Lipinski definition) is 7. The van der Waals surface area contributed by atoms with Crippen molar-refractivity contribution in [2.45, 2.75) is 18.9 Å². The molecule has 128 valence electrons. The van der Waals surface area contributed by atoms with Crippen molar-refractivity contribution in [3.05, 3.63) is 18.2 Å². The van der Waals surface area contributed by atoms with E-state index in [4.69, 9.17) is 26.2 Å². The van der Waals surface area contributed by atoms with Gasteiger partial charge in [-0.1, -0.05) is 0 Å². The molecule has 3 heterocycles. The molecular formula is C17H24N6O. The Morgan fingerprint density at radius 1 is 1.12 bits per heavy atom. The molecule has 4 rings (SSSR count). The van der Waals surface area contributed by atoms with Crippen LogP contribution in [0.4, 0.5) is 17.5 Å². The zero-order valence-electron chi connectivity index (χ0n) is 14.0. The lowest BCUT2D eigenvalue weighted by atomic mass is 10.0. The number of ether oxygens (including phenoxy) is 1. The first-order valence-electron chi connectivity index (χ1n) is 8.46. The van der Waals surface area contributed by atoms with Crippen LogP contribution in [0.1, 0.15) is 13.3 Å². The first-order chi connectivity index (χ1) is 11.5. The molecule has 2 aromatic rings. The van der Waals surface area contributed by atoms with Crippen molar-refractivity contribution in [3.63, 3.8) is 0 Å². The third-order valence-corrected chi connectivity index (χ3v) is 4.79. The maximum Gasteiger partial charge on any atom is 0.228 e. The molecule has 0 amide bonds. The van der Waals surface area contributed by atoms with Gasteiger partial charge in [-0.15, -0.1) is 0 Å². The number of anilines is 3. The third-order valence-electron chi connectivity index (χ3n) is 4.79. The van der Waals surface area contributed by atoms with Gasteiger partial charge in [0.05, 0.1) is 18.7 Å². The van der Waals surface area contributed by atoms with Gasteiger partial charge in [-0.3, -0.25) is 0 Å². The molecule has 2 aliphatic heterocycles. The molecule has 2 fully saturated rings. The van der Waals surface area contributed by atoms with Gasteiger partial charge in [-0.2, -0.15) is 4.98 Å². The van der Waals surface area contributed by atoms with Crippen LogP contribution in [0, 0.1) is 0 Å². The van der Waals surface area contributed by atoms with Crippen molar-refractivity contribution in [3.8, 4) is 0 Å². The van der Waals surface area contributed by atoms with Crippen LogP contribution < -0.4 is 21.3 Å². The highest BCUT2D eigenvalue weighted by molar-refractivity contribution is 5.92. The van der Waals surface area contributed by atoms with Crippen LogP contribution in [0.15, 0.2) is 18.2 Å². The normalized spacial score (nSPS) is 24.8. The minimum absolute atomic E-state index is 0.176. The molecule has 1 atom stereocenters. The van der Waals surface area contributed by atoms with E-state index in [0.717, 1.165) is 55.3 Å². The lowest BCUT2D eigenvalue weighted by molar-refractivity contribution is 0.122. The highest BCUT2D eigenvalue weighted by Gasteiger charge is 2.32. The van der Waals surface area contributed by atoms with E-state index in [2.05, 4.69) is 16.7 Å². The van der Waals surface area contributed by atoms with Crippen LogP contribution in [0.3, 0.4) is 0 Å². The Balaban J connectivity index is 1.80. The molecular weight excluding hydrogens is 304 g/mol. The molecule has 0 spiro atoms. The summed E-state index contributed by atoms with van der Waals surface area (Å²) in [5.41, 5.74) is 13.7. The van der Waals surface area contributed by atoms with Gasteiger partial charge in [0, 0.05) is 42.8 Å². The zero-order chi connectivity index (χ0) is 16.7. The fourth-order valence-corrected chi connectivity index (χ4v) is 3.43. The molecule has 0 aliphatic carbocycles. The quantitative estimate of drug-likeness (QED) is 0.794. The van der Waals surface area contributed by atoms with Crippen molar-refractivity contribution in [1.82, 2.24) is 9.97 Å². The summed E-state index contributed by atoms with van der Waals surface area (Å²) < 4.78 is 5.44. The van der Waals surface area contributed by atoms with Gasteiger partial charge >= 0.3 is 0 Å². The van der Waals surface area contributed by atoms with Crippen LogP contribution in [-0.2, 0) is 4.74 Å². The van der Waals surface area contributed by atoms with Crippen LogP contribution in [0.2, 0.25) is 0 Å². The second-order valence-corrected chi connectivity index (χ2v) is 7.05. The first kappa shape index (κ1) is 15.4. The van der Waals surface area contributed by atoms with Gasteiger partial charge in [0.15, 0.2) is 0 Å². The molecule has 7 nitrogen and oxygen atoms in total. The molecule has 1 aromatic carbocycles. The molecule has 0 unspecified atom stereocenters. The smallest absolute Gasteiger partial charge is 0.228 e. The number of rotatable bonds is 2. The number of aromatic nitrogens is 2. The number of morpholine rings is 1. The topological polar surface area (TPSA) is 93.5 Å². The second-order valence-electron chi connectivity index (χ2n) is 7.05. The van der Waals surface area contributed by atoms with Gasteiger partial charge in [0.1, 0.15) is 5.82 Å². The number of nitrogens with zero attached hydrogens (tertiary/aromatic N) is 4. The summed E-state index contributed by atoms with van der Waals surface area (Å²) in [5, 5.41) is 1.03. The van der Waals surface area contributed by atoms with Crippen LogP contribution in [0.25, 0.3) is 10.9 Å². The Kier molecular flexibility index (Phi) is 3.69. The van der Waals surface area contributed by atoms with Gasteiger partial charge in [0.25, 0.3) is 0 Å². The van der Waals surface area contributed by atoms with E-state index < -0.39 is 0 Å². The SMILES string of the molecule is C[C@@]1(N)CCN(c2nc(N3CCOCC3)nc3cc(N)ccc23)C1. The predicted octanol–water partition coefficient (Wildman–Crippen LogP) is 0.976. The molecule has 2 aliphatic rings. The van der Waals surface area contributed by atoms with E-state index in [0.29, 0.717) is 18.9 Å². The van der Waals surface area contributed by atoms with E-state index in [1.807, 2.05) is 18.2 Å². The van der Waals surface area contributed by atoms with Gasteiger partial charge in [0.2, 0.25) is 5.95 Å². The third kappa shape index (κ3) is 2.85. The summed E-state index contributed by atoms with van der Waals surface area (Å²) in [6, 6.07) is 5.83. The van der Waals surface area contributed by atoms with Crippen LogP contribution in [0.5, 0.6) is 0 Å². The maximum absolute atomic E-state index is 6.32. The summed E-state index contributed by atoms with van der Waals surface area (Å²) in [6.45, 7) is 6.83. The monoisotopic (exact) mass is 328 g/mol. The number of benzene rings is 1. The number of fused-ring (bicyclic) bond motifs is 1. The van der Waals surface area contributed by atoms with Crippen molar-refractivity contribution in [2.24, 2.45) is 5.73 Å². The Morgan fingerprint density at radius 2 is 1.92 bits per heavy atom. The van der Waals surface area contributed by atoms with E-state index in [-0.39, 0.29) is 5.54 Å². The maximum atomic E-state index is 6.32. The summed E-state index contributed by atoms with van der Waals surface area (Å²) >= 11 is 0. The zero-order valence-corrected chi connectivity index (χ0v) is 14.0. The fraction of sp³-hybridized carbons (Fsp3) is 0.529. The van der Waals surface area contributed by atoms with Gasteiger partial charge in [-0.25, -0.2) is 4.98 Å². The van der Waals surface area contributed by atoms with Crippen molar-refractivity contribution < 1.29 is 4.74 Å². The van der Waals surface area contributed by atoms with Crippen LogP contribution in [-0.4, -0.2) is 54.9 Å². The van der Waals surface area contributed by atoms with Crippen molar-refractivity contribution in [2.75, 3.05) is 54.9 Å².